The highest BCUT2D eigenvalue weighted by Gasteiger charge is 2.19. The summed E-state index contributed by atoms with van der Waals surface area (Å²) in [6, 6.07) is 6.23. The molecule has 5 heteroatoms. The minimum atomic E-state index is -0.0398. The highest BCUT2D eigenvalue weighted by Crippen LogP contribution is 2.21. The Morgan fingerprint density at radius 2 is 2.06 bits per heavy atom. The molecule has 0 bridgehead atoms. The van der Waals surface area contributed by atoms with Gasteiger partial charge in [0.2, 0.25) is 0 Å². The van der Waals surface area contributed by atoms with Crippen LogP contribution >= 0.6 is 31.9 Å². The molecular weight excluding hydrogens is 348 g/mol. The Hall–Kier alpha value is -0.390. The molecule has 1 aromatic rings. The van der Waals surface area contributed by atoms with Crippen molar-refractivity contribution in [3.63, 3.8) is 0 Å². The molecule has 0 radical (unpaired) electrons. The van der Waals surface area contributed by atoms with Crippen LogP contribution in [0.3, 0.4) is 0 Å². The van der Waals surface area contributed by atoms with Crippen molar-refractivity contribution in [1.29, 1.82) is 0 Å². The Balaban J connectivity index is 1.81. The van der Waals surface area contributed by atoms with E-state index in [1.54, 1.807) is 6.07 Å². The van der Waals surface area contributed by atoms with E-state index in [1.807, 2.05) is 12.1 Å². The number of benzene rings is 1. The van der Waals surface area contributed by atoms with Crippen LogP contribution in [0.15, 0.2) is 27.1 Å². The van der Waals surface area contributed by atoms with Crippen LogP contribution in [0.25, 0.3) is 0 Å². The van der Waals surface area contributed by atoms with Crippen LogP contribution in [0.2, 0.25) is 0 Å². The molecule has 1 aliphatic rings. The second kappa shape index (κ2) is 5.98. The molecule has 1 aliphatic carbocycles. The molecule has 0 aromatic heterocycles. The first-order valence-corrected chi connectivity index (χ1v) is 7.22. The lowest BCUT2D eigenvalue weighted by molar-refractivity contribution is 0.0953. The summed E-state index contributed by atoms with van der Waals surface area (Å²) in [5.41, 5.74) is 0.666. The van der Waals surface area contributed by atoms with Crippen molar-refractivity contribution in [3.8, 4) is 0 Å². The van der Waals surface area contributed by atoms with Crippen LogP contribution in [0.1, 0.15) is 23.2 Å². The molecule has 2 N–H and O–H groups in total. The number of rotatable bonds is 5. The van der Waals surface area contributed by atoms with Crippen molar-refractivity contribution in [2.75, 3.05) is 13.1 Å². The molecule has 0 saturated heterocycles. The standard InChI is InChI=1S/C12H14Br2N2O/c13-8-1-4-10(11(14)7-8)12(17)16-6-5-15-9-2-3-9/h1,4,7,9,15H,2-3,5-6H2,(H,16,17). The maximum atomic E-state index is 11.9. The van der Waals surface area contributed by atoms with E-state index in [0.717, 1.165) is 15.5 Å². The first-order valence-electron chi connectivity index (χ1n) is 5.63. The first-order chi connectivity index (χ1) is 8.16. The highest BCUT2D eigenvalue weighted by atomic mass is 79.9. The number of nitrogens with one attached hydrogen (secondary N) is 2. The maximum Gasteiger partial charge on any atom is 0.252 e. The van der Waals surface area contributed by atoms with Crippen molar-refractivity contribution in [3.05, 3.63) is 32.7 Å². The fourth-order valence-electron chi connectivity index (χ4n) is 1.51. The second-order valence-corrected chi connectivity index (χ2v) is 5.88. The quantitative estimate of drug-likeness (QED) is 0.791. The van der Waals surface area contributed by atoms with E-state index in [-0.39, 0.29) is 5.91 Å². The van der Waals surface area contributed by atoms with Gasteiger partial charge in [0, 0.05) is 28.1 Å². The van der Waals surface area contributed by atoms with Gasteiger partial charge < -0.3 is 10.6 Å². The summed E-state index contributed by atoms with van der Waals surface area (Å²) in [4.78, 5) is 11.9. The second-order valence-electron chi connectivity index (χ2n) is 4.11. The van der Waals surface area contributed by atoms with E-state index in [4.69, 9.17) is 0 Å². The normalized spacial score (nSPS) is 14.7. The van der Waals surface area contributed by atoms with Crippen LogP contribution in [-0.4, -0.2) is 25.0 Å². The summed E-state index contributed by atoms with van der Waals surface area (Å²) in [6.07, 6.45) is 2.54. The number of hydrogen-bond donors (Lipinski definition) is 2. The Morgan fingerprint density at radius 1 is 1.29 bits per heavy atom. The SMILES string of the molecule is O=C(NCCNC1CC1)c1ccc(Br)cc1Br. The lowest BCUT2D eigenvalue weighted by Crippen LogP contribution is -2.32. The molecule has 1 aromatic carbocycles. The number of carbonyl (C=O) groups excluding carboxylic acids is 1. The van der Waals surface area contributed by atoms with Crippen molar-refractivity contribution in [2.24, 2.45) is 0 Å². The minimum absolute atomic E-state index is 0.0398. The maximum absolute atomic E-state index is 11.9. The predicted octanol–water partition coefficient (Wildman–Crippen LogP) is 2.69. The van der Waals surface area contributed by atoms with Crippen LogP contribution in [0.4, 0.5) is 0 Å². The predicted molar refractivity (Wildman–Crippen MR) is 75.2 cm³/mol. The molecule has 3 nitrogen and oxygen atoms in total. The van der Waals surface area contributed by atoms with E-state index in [2.05, 4.69) is 42.5 Å². The third-order valence-electron chi connectivity index (χ3n) is 2.60. The summed E-state index contributed by atoms with van der Waals surface area (Å²) in [5.74, 6) is -0.0398. The summed E-state index contributed by atoms with van der Waals surface area (Å²) in [7, 11) is 0. The fourth-order valence-corrected chi connectivity index (χ4v) is 2.74. The zero-order chi connectivity index (χ0) is 12.3. The Morgan fingerprint density at radius 3 is 2.71 bits per heavy atom. The molecule has 0 unspecified atom stereocenters. The molecule has 0 atom stereocenters. The molecule has 0 heterocycles. The van der Waals surface area contributed by atoms with Crippen molar-refractivity contribution in [2.45, 2.75) is 18.9 Å². The van der Waals surface area contributed by atoms with Gasteiger partial charge in [0.05, 0.1) is 5.56 Å². The van der Waals surface area contributed by atoms with Gasteiger partial charge in [-0.1, -0.05) is 15.9 Å². The number of carbonyl (C=O) groups is 1. The summed E-state index contributed by atoms with van der Waals surface area (Å²) in [6.45, 7) is 1.50. The molecule has 92 valence electrons. The van der Waals surface area contributed by atoms with Gasteiger partial charge >= 0.3 is 0 Å². The zero-order valence-corrected chi connectivity index (χ0v) is 12.5. The third kappa shape index (κ3) is 4.08. The molecule has 1 amide bonds. The first kappa shape index (κ1) is 13.1. The van der Waals surface area contributed by atoms with Gasteiger partial charge in [-0.05, 0) is 47.0 Å². The largest absolute Gasteiger partial charge is 0.351 e. The summed E-state index contributed by atoms with van der Waals surface area (Å²) in [5, 5.41) is 6.25. The van der Waals surface area contributed by atoms with Gasteiger partial charge in [-0.15, -0.1) is 0 Å². The smallest absolute Gasteiger partial charge is 0.252 e. The Labute approximate surface area is 118 Å². The topological polar surface area (TPSA) is 41.1 Å². The van der Waals surface area contributed by atoms with Gasteiger partial charge in [0.15, 0.2) is 0 Å². The van der Waals surface area contributed by atoms with Gasteiger partial charge in [-0.3, -0.25) is 4.79 Å². The summed E-state index contributed by atoms with van der Waals surface area (Å²) < 4.78 is 1.76. The van der Waals surface area contributed by atoms with Crippen molar-refractivity contribution in [1.82, 2.24) is 10.6 Å². The average Bonchev–Trinajstić information content (AvgIpc) is 3.08. The van der Waals surface area contributed by atoms with Crippen LogP contribution in [-0.2, 0) is 0 Å². The van der Waals surface area contributed by atoms with Crippen LogP contribution in [0.5, 0.6) is 0 Å². The van der Waals surface area contributed by atoms with Crippen LogP contribution in [0, 0.1) is 0 Å². The molecule has 1 fully saturated rings. The molecule has 2 rings (SSSR count). The van der Waals surface area contributed by atoms with Gasteiger partial charge in [-0.2, -0.15) is 0 Å². The van der Waals surface area contributed by atoms with E-state index in [9.17, 15) is 4.79 Å². The molecular formula is C12H14Br2N2O. The van der Waals surface area contributed by atoms with E-state index in [1.165, 1.54) is 12.8 Å². The van der Waals surface area contributed by atoms with E-state index >= 15 is 0 Å². The van der Waals surface area contributed by atoms with Crippen LogP contribution < -0.4 is 10.6 Å². The van der Waals surface area contributed by atoms with Crippen molar-refractivity contribution >= 4 is 37.8 Å². The Bertz CT molecular complexity index is 419. The Kier molecular flexibility index (Phi) is 4.59. The summed E-state index contributed by atoms with van der Waals surface area (Å²) >= 11 is 6.74. The van der Waals surface area contributed by atoms with Gasteiger partial charge in [0.1, 0.15) is 0 Å². The lowest BCUT2D eigenvalue weighted by atomic mass is 10.2. The number of hydrogen-bond acceptors (Lipinski definition) is 2. The molecule has 0 aliphatic heterocycles. The fraction of sp³-hybridized carbons (Fsp3) is 0.417. The zero-order valence-electron chi connectivity index (χ0n) is 9.30. The molecule has 17 heavy (non-hydrogen) atoms. The van der Waals surface area contributed by atoms with Crippen molar-refractivity contribution < 1.29 is 4.79 Å². The molecule has 0 spiro atoms. The number of amides is 1. The van der Waals surface area contributed by atoms with Gasteiger partial charge in [-0.25, -0.2) is 0 Å². The monoisotopic (exact) mass is 360 g/mol. The minimum Gasteiger partial charge on any atom is -0.351 e. The van der Waals surface area contributed by atoms with Gasteiger partial charge in [0.25, 0.3) is 5.91 Å². The highest BCUT2D eigenvalue weighted by molar-refractivity contribution is 9.11. The van der Waals surface area contributed by atoms with E-state index < -0.39 is 0 Å². The molecule has 1 saturated carbocycles. The third-order valence-corrected chi connectivity index (χ3v) is 3.75. The van der Waals surface area contributed by atoms with E-state index in [0.29, 0.717) is 18.2 Å². The number of halogens is 2. The average molecular weight is 362 g/mol. The lowest BCUT2D eigenvalue weighted by Gasteiger charge is -2.07.